The van der Waals surface area contributed by atoms with Crippen LogP contribution in [0.2, 0.25) is 0 Å². The maximum Gasteiger partial charge on any atom is 0.257 e. The first-order valence-corrected chi connectivity index (χ1v) is 6.06. The lowest BCUT2D eigenvalue weighted by Crippen LogP contribution is -2.50. The van der Waals surface area contributed by atoms with Gasteiger partial charge in [-0.25, -0.2) is 0 Å². The molecular weight excluding hydrogens is 250 g/mol. The van der Waals surface area contributed by atoms with E-state index in [1.807, 2.05) is 0 Å². The molecule has 1 aliphatic heterocycles. The monoisotopic (exact) mass is 267 g/mol. The lowest BCUT2D eigenvalue weighted by Gasteiger charge is -2.29. The first kappa shape index (κ1) is 13.3. The van der Waals surface area contributed by atoms with E-state index >= 15 is 0 Å². The van der Waals surface area contributed by atoms with E-state index < -0.39 is 11.9 Å². The Hall–Kier alpha value is -2.09. The third kappa shape index (κ3) is 3.02. The number of aromatic nitrogens is 2. The Bertz CT molecular complexity index is 467. The van der Waals surface area contributed by atoms with E-state index in [1.54, 1.807) is 11.8 Å². The predicted molar refractivity (Wildman–Crippen MR) is 67.3 cm³/mol. The third-order valence-electron chi connectivity index (χ3n) is 2.95. The molecule has 104 valence electrons. The highest BCUT2D eigenvalue weighted by Crippen LogP contribution is 2.07. The van der Waals surface area contributed by atoms with E-state index in [1.165, 1.54) is 6.20 Å². The van der Waals surface area contributed by atoms with Gasteiger partial charge in [0.2, 0.25) is 5.91 Å². The Kier molecular flexibility index (Phi) is 4.00. The second kappa shape index (κ2) is 5.70. The van der Waals surface area contributed by atoms with Gasteiger partial charge in [0.1, 0.15) is 17.4 Å². The van der Waals surface area contributed by atoms with E-state index in [4.69, 9.17) is 10.5 Å². The highest BCUT2D eigenvalue weighted by Gasteiger charge is 2.24. The smallest absolute Gasteiger partial charge is 0.257 e. The van der Waals surface area contributed by atoms with Gasteiger partial charge in [-0.3, -0.25) is 14.7 Å². The molecule has 0 aliphatic carbocycles. The van der Waals surface area contributed by atoms with Gasteiger partial charge in [0.15, 0.2) is 0 Å². The molecule has 1 saturated heterocycles. The molecule has 1 unspecified atom stereocenters. The highest BCUT2D eigenvalue weighted by atomic mass is 16.5. The summed E-state index contributed by atoms with van der Waals surface area (Å²) in [7, 11) is 0. The molecule has 0 radical (unpaired) electrons. The number of ether oxygens (including phenoxy) is 1. The number of anilines is 1. The molecule has 19 heavy (non-hydrogen) atoms. The SMILES string of the molecule is CC(NC(=O)c1cn[nH]c1N)C(=O)N1CCOCC1. The van der Waals surface area contributed by atoms with Gasteiger partial charge in [-0.2, -0.15) is 5.10 Å². The van der Waals surface area contributed by atoms with Crippen LogP contribution in [-0.2, 0) is 9.53 Å². The van der Waals surface area contributed by atoms with Gasteiger partial charge in [0.25, 0.3) is 5.91 Å². The summed E-state index contributed by atoms with van der Waals surface area (Å²) >= 11 is 0. The minimum atomic E-state index is -0.611. The number of rotatable bonds is 3. The van der Waals surface area contributed by atoms with Crippen LogP contribution in [0.3, 0.4) is 0 Å². The summed E-state index contributed by atoms with van der Waals surface area (Å²) in [4.78, 5) is 25.6. The number of morpholine rings is 1. The predicted octanol–water partition coefficient (Wildman–Crippen LogP) is -1.03. The van der Waals surface area contributed by atoms with Crippen molar-refractivity contribution in [3.8, 4) is 0 Å². The average molecular weight is 267 g/mol. The molecule has 0 aromatic carbocycles. The zero-order valence-electron chi connectivity index (χ0n) is 10.7. The van der Waals surface area contributed by atoms with Crippen LogP contribution in [0, 0.1) is 0 Å². The Morgan fingerprint density at radius 1 is 1.53 bits per heavy atom. The van der Waals surface area contributed by atoms with Crippen molar-refractivity contribution in [3.63, 3.8) is 0 Å². The van der Waals surface area contributed by atoms with Gasteiger partial charge in [0.05, 0.1) is 19.4 Å². The quantitative estimate of drug-likeness (QED) is 0.648. The standard InChI is InChI=1S/C11H17N5O3/c1-7(11(18)16-2-4-19-5-3-16)14-10(17)8-6-13-15-9(8)12/h6-7H,2-5H2,1H3,(H,14,17)(H3,12,13,15). The van der Waals surface area contributed by atoms with E-state index in [2.05, 4.69) is 15.5 Å². The second-order valence-electron chi connectivity index (χ2n) is 4.33. The minimum Gasteiger partial charge on any atom is -0.383 e. The van der Waals surface area contributed by atoms with Crippen LogP contribution >= 0.6 is 0 Å². The molecule has 2 rings (SSSR count). The fourth-order valence-electron chi connectivity index (χ4n) is 1.87. The van der Waals surface area contributed by atoms with Crippen LogP contribution < -0.4 is 11.1 Å². The second-order valence-corrected chi connectivity index (χ2v) is 4.33. The largest absolute Gasteiger partial charge is 0.383 e. The van der Waals surface area contributed by atoms with Gasteiger partial charge < -0.3 is 20.7 Å². The molecule has 0 spiro atoms. The zero-order chi connectivity index (χ0) is 13.8. The molecule has 8 heteroatoms. The number of aromatic amines is 1. The van der Waals surface area contributed by atoms with Crippen molar-refractivity contribution in [1.82, 2.24) is 20.4 Å². The van der Waals surface area contributed by atoms with Crippen LogP contribution in [-0.4, -0.2) is 59.3 Å². The van der Waals surface area contributed by atoms with E-state index in [0.29, 0.717) is 26.3 Å². The summed E-state index contributed by atoms with van der Waals surface area (Å²) in [5, 5.41) is 8.74. The fraction of sp³-hybridized carbons (Fsp3) is 0.545. The van der Waals surface area contributed by atoms with Crippen molar-refractivity contribution in [3.05, 3.63) is 11.8 Å². The topological polar surface area (TPSA) is 113 Å². The van der Waals surface area contributed by atoms with Gasteiger partial charge in [-0.15, -0.1) is 0 Å². The Balaban J connectivity index is 1.93. The molecule has 0 saturated carbocycles. The van der Waals surface area contributed by atoms with E-state index in [9.17, 15) is 9.59 Å². The van der Waals surface area contributed by atoms with Crippen LogP contribution in [0.15, 0.2) is 6.20 Å². The molecule has 4 N–H and O–H groups in total. The van der Waals surface area contributed by atoms with Crippen LogP contribution in [0.1, 0.15) is 17.3 Å². The first-order valence-electron chi connectivity index (χ1n) is 6.06. The van der Waals surface area contributed by atoms with Gasteiger partial charge in [-0.1, -0.05) is 0 Å². The normalized spacial score (nSPS) is 17.0. The number of amides is 2. The van der Waals surface area contributed by atoms with Gasteiger partial charge in [0, 0.05) is 13.1 Å². The molecule has 2 heterocycles. The van der Waals surface area contributed by atoms with Crippen LogP contribution in [0.5, 0.6) is 0 Å². The summed E-state index contributed by atoms with van der Waals surface area (Å²) in [6, 6.07) is -0.611. The minimum absolute atomic E-state index is 0.126. The van der Waals surface area contributed by atoms with Gasteiger partial charge in [-0.05, 0) is 6.92 Å². The summed E-state index contributed by atoms with van der Waals surface area (Å²) in [6.45, 7) is 3.80. The summed E-state index contributed by atoms with van der Waals surface area (Å²) in [5.41, 5.74) is 5.78. The number of carbonyl (C=O) groups excluding carboxylic acids is 2. The summed E-state index contributed by atoms with van der Waals surface area (Å²) < 4.78 is 5.18. The summed E-state index contributed by atoms with van der Waals surface area (Å²) in [6.07, 6.45) is 1.33. The average Bonchev–Trinajstić information content (AvgIpc) is 2.85. The molecule has 2 amide bonds. The van der Waals surface area contributed by atoms with Crippen molar-refractivity contribution < 1.29 is 14.3 Å². The van der Waals surface area contributed by atoms with E-state index in [-0.39, 0.29) is 17.3 Å². The lowest BCUT2D eigenvalue weighted by atomic mass is 10.2. The summed E-state index contributed by atoms with van der Waals surface area (Å²) in [5.74, 6) is -0.359. The molecule has 1 aliphatic rings. The van der Waals surface area contributed by atoms with E-state index in [0.717, 1.165) is 0 Å². The number of nitrogens with one attached hydrogen (secondary N) is 2. The Morgan fingerprint density at radius 3 is 2.79 bits per heavy atom. The molecule has 1 atom stereocenters. The van der Waals surface area contributed by atoms with Crippen LogP contribution in [0.4, 0.5) is 5.82 Å². The number of nitrogen functional groups attached to an aromatic ring is 1. The van der Waals surface area contributed by atoms with Crippen molar-refractivity contribution in [2.24, 2.45) is 0 Å². The number of hydrogen-bond donors (Lipinski definition) is 3. The van der Waals surface area contributed by atoms with Crippen LogP contribution in [0.25, 0.3) is 0 Å². The van der Waals surface area contributed by atoms with Crippen molar-refractivity contribution in [2.45, 2.75) is 13.0 Å². The maximum absolute atomic E-state index is 12.1. The molecule has 1 aromatic rings. The Labute approximate surface area is 110 Å². The Morgan fingerprint density at radius 2 is 2.21 bits per heavy atom. The number of hydrogen-bond acceptors (Lipinski definition) is 5. The number of nitrogens with two attached hydrogens (primary N) is 1. The number of nitrogens with zero attached hydrogens (tertiary/aromatic N) is 2. The molecule has 8 nitrogen and oxygen atoms in total. The lowest BCUT2D eigenvalue weighted by molar-refractivity contribution is -0.136. The molecular formula is C11H17N5O3. The number of H-pyrrole nitrogens is 1. The number of carbonyl (C=O) groups is 2. The van der Waals surface area contributed by atoms with Crippen molar-refractivity contribution >= 4 is 17.6 Å². The highest BCUT2D eigenvalue weighted by molar-refractivity contribution is 6.00. The van der Waals surface area contributed by atoms with Crippen molar-refractivity contribution in [2.75, 3.05) is 32.0 Å². The molecule has 1 aromatic heterocycles. The third-order valence-corrected chi connectivity index (χ3v) is 2.95. The van der Waals surface area contributed by atoms with Gasteiger partial charge >= 0.3 is 0 Å². The molecule has 1 fully saturated rings. The molecule has 0 bridgehead atoms. The fourth-order valence-corrected chi connectivity index (χ4v) is 1.87. The first-order chi connectivity index (χ1) is 9.09. The maximum atomic E-state index is 12.1. The van der Waals surface area contributed by atoms with Crippen molar-refractivity contribution in [1.29, 1.82) is 0 Å². The zero-order valence-corrected chi connectivity index (χ0v) is 10.7.